The number of halogens is 1. The van der Waals surface area contributed by atoms with Gasteiger partial charge in [-0.1, -0.05) is 11.6 Å². The van der Waals surface area contributed by atoms with Crippen LogP contribution >= 0.6 is 24.2 Å². The molecule has 0 spiro atoms. The molecule has 0 aliphatic rings. The second kappa shape index (κ2) is 8.67. The summed E-state index contributed by atoms with van der Waals surface area (Å²) < 4.78 is 5.45. The number of hydrogen-bond donors (Lipinski definition) is 2. The van der Waals surface area contributed by atoms with Crippen molar-refractivity contribution in [2.45, 2.75) is 12.8 Å². The standard InChI is InChI=1S/C11H17ClN2OS/c12-10-3-4-11(14-9-10)15-7-2-1-5-13-6-8-16/h3-4,9,13,16H,1-2,5-8H2. The maximum Gasteiger partial charge on any atom is 0.213 e. The molecule has 1 rings (SSSR count). The fraction of sp³-hybridized carbons (Fsp3) is 0.545. The Morgan fingerprint density at radius 1 is 1.31 bits per heavy atom. The third kappa shape index (κ3) is 6.20. The minimum Gasteiger partial charge on any atom is -0.478 e. The maximum atomic E-state index is 5.71. The second-order valence-electron chi connectivity index (χ2n) is 3.34. The van der Waals surface area contributed by atoms with Crippen LogP contribution in [0.5, 0.6) is 5.88 Å². The summed E-state index contributed by atoms with van der Waals surface area (Å²) in [4.78, 5) is 4.05. The fourth-order valence-corrected chi connectivity index (χ4v) is 1.45. The summed E-state index contributed by atoms with van der Waals surface area (Å²) in [5, 5.41) is 3.90. The monoisotopic (exact) mass is 260 g/mol. The van der Waals surface area contributed by atoms with E-state index in [1.54, 1.807) is 18.3 Å². The zero-order valence-corrected chi connectivity index (χ0v) is 10.8. The van der Waals surface area contributed by atoms with Gasteiger partial charge >= 0.3 is 0 Å². The zero-order chi connectivity index (χ0) is 11.6. The second-order valence-corrected chi connectivity index (χ2v) is 4.23. The Balaban J connectivity index is 2.01. The van der Waals surface area contributed by atoms with Crippen LogP contribution in [-0.2, 0) is 0 Å². The molecule has 1 aromatic rings. The third-order valence-electron chi connectivity index (χ3n) is 1.99. The van der Waals surface area contributed by atoms with Gasteiger partial charge in [-0.05, 0) is 25.5 Å². The van der Waals surface area contributed by atoms with Crippen molar-refractivity contribution >= 4 is 24.2 Å². The Morgan fingerprint density at radius 3 is 2.88 bits per heavy atom. The van der Waals surface area contributed by atoms with Crippen LogP contribution in [0, 0.1) is 0 Å². The highest BCUT2D eigenvalue weighted by Gasteiger charge is 1.95. The minimum atomic E-state index is 0.628. The average Bonchev–Trinajstić information content (AvgIpc) is 2.30. The van der Waals surface area contributed by atoms with Crippen molar-refractivity contribution in [3.05, 3.63) is 23.4 Å². The van der Waals surface area contributed by atoms with Crippen molar-refractivity contribution in [2.24, 2.45) is 0 Å². The molecule has 0 amide bonds. The van der Waals surface area contributed by atoms with E-state index in [-0.39, 0.29) is 0 Å². The highest BCUT2D eigenvalue weighted by atomic mass is 35.5. The summed E-state index contributed by atoms with van der Waals surface area (Å²) in [6.07, 6.45) is 3.70. The largest absolute Gasteiger partial charge is 0.478 e. The van der Waals surface area contributed by atoms with E-state index in [1.165, 1.54) is 0 Å². The van der Waals surface area contributed by atoms with Crippen molar-refractivity contribution in [3.63, 3.8) is 0 Å². The Kier molecular flexibility index (Phi) is 7.38. The first-order valence-corrected chi connectivity index (χ1v) is 6.40. The molecular weight excluding hydrogens is 244 g/mol. The molecular formula is C11H17ClN2OS. The number of hydrogen-bond acceptors (Lipinski definition) is 4. The number of unbranched alkanes of at least 4 members (excludes halogenated alkanes) is 1. The Bertz CT molecular complexity index is 282. The van der Waals surface area contributed by atoms with Crippen LogP contribution < -0.4 is 10.1 Å². The van der Waals surface area contributed by atoms with Crippen molar-refractivity contribution in [1.29, 1.82) is 0 Å². The molecule has 16 heavy (non-hydrogen) atoms. The molecule has 90 valence electrons. The molecule has 0 fully saturated rings. The van der Waals surface area contributed by atoms with Crippen molar-refractivity contribution in [1.82, 2.24) is 10.3 Å². The highest BCUT2D eigenvalue weighted by Crippen LogP contribution is 2.11. The fourth-order valence-electron chi connectivity index (χ4n) is 1.18. The van der Waals surface area contributed by atoms with E-state index >= 15 is 0 Å². The number of ether oxygens (including phenoxy) is 1. The predicted molar refractivity (Wildman–Crippen MR) is 70.7 cm³/mol. The van der Waals surface area contributed by atoms with Gasteiger partial charge in [-0.15, -0.1) is 0 Å². The molecule has 0 radical (unpaired) electrons. The summed E-state index contributed by atoms with van der Waals surface area (Å²) in [5.74, 6) is 1.51. The first kappa shape index (κ1) is 13.6. The minimum absolute atomic E-state index is 0.628. The van der Waals surface area contributed by atoms with Gasteiger partial charge in [-0.2, -0.15) is 12.6 Å². The van der Waals surface area contributed by atoms with Gasteiger partial charge in [0.1, 0.15) is 0 Å². The van der Waals surface area contributed by atoms with Gasteiger partial charge < -0.3 is 10.1 Å². The molecule has 0 atom stereocenters. The first-order chi connectivity index (χ1) is 7.83. The van der Waals surface area contributed by atoms with Gasteiger partial charge in [-0.25, -0.2) is 4.98 Å². The molecule has 0 saturated carbocycles. The Hall–Kier alpha value is -0.450. The van der Waals surface area contributed by atoms with Crippen LogP contribution in [0.1, 0.15) is 12.8 Å². The molecule has 0 aromatic carbocycles. The van der Waals surface area contributed by atoms with Gasteiger partial charge in [0, 0.05) is 24.6 Å². The summed E-state index contributed by atoms with van der Waals surface area (Å²) in [6, 6.07) is 3.56. The summed E-state index contributed by atoms with van der Waals surface area (Å²) >= 11 is 9.83. The van der Waals surface area contributed by atoms with Gasteiger partial charge in [0.15, 0.2) is 0 Å². The summed E-state index contributed by atoms with van der Waals surface area (Å²) in [6.45, 7) is 2.66. The Morgan fingerprint density at radius 2 is 2.19 bits per heavy atom. The topological polar surface area (TPSA) is 34.1 Å². The average molecular weight is 261 g/mol. The number of thiol groups is 1. The van der Waals surface area contributed by atoms with Crippen LogP contribution in [0.3, 0.4) is 0 Å². The normalized spacial score (nSPS) is 10.4. The van der Waals surface area contributed by atoms with Crippen molar-refractivity contribution < 1.29 is 4.74 Å². The third-order valence-corrected chi connectivity index (χ3v) is 2.43. The van der Waals surface area contributed by atoms with E-state index in [9.17, 15) is 0 Å². The Labute approximate surface area is 107 Å². The summed E-state index contributed by atoms with van der Waals surface area (Å²) in [7, 11) is 0. The van der Waals surface area contributed by atoms with Crippen LogP contribution in [-0.4, -0.2) is 30.4 Å². The quantitative estimate of drug-likeness (QED) is 0.557. The number of nitrogens with zero attached hydrogens (tertiary/aromatic N) is 1. The van der Waals surface area contributed by atoms with E-state index < -0.39 is 0 Å². The van der Waals surface area contributed by atoms with Gasteiger partial charge in [0.2, 0.25) is 5.88 Å². The predicted octanol–water partition coefficient (Wildman–Crippen LogP) is 2.41. The van der Waals surface area contributed by atoms with E-state index in [2.05, 4.69) is 22.9 Å². The van der Waals surface area contributed by atoms with E-state index in [4.69, 9.17) is 16.3 Å². The van der Waals surface area contributed by atoms with Crippen LogP contribution in [0.15, 0.2) is 18.3 Å². The first-order valence-electron chi connectivity index (χ1n) is 5.39. The lowest BCUT2D eigenvalue weighted by Gasteiger charge is -2.05. The molecule has 0 aliphatic carbocycles. The molecule has 3 nitrogen and oxygen atoms in total. The SMILES string of the molecule is SCCNCCCCOc1ccc(Cl)cn1. The lowest BCUT2D eigenvalue weighted by Crippen LogP contribution is -2.18. The summed E-state index contributed by atoms with van der Waals surface area (Å²) in [5.41, 5.74) is 0. The smallest absolute Gasteiger partial charge is 0.213 e. The van der Waals surface area contributed by atoms with Crippen LogP contribution in [0.25, 0.3) is 0 Å². The lowest BCUT2D eigenvalue weighted by molar-refractivity contribution is 0.295. The van der Waals surface area contributed by atoms with E-state index in [0.29, 0.717) is 17.5 Å². The van der Waals surface area contributed by atoms with Crippen molar-refractivity contribution in [2.75, 3.05) is 25.4 Å². The molecule has 5 heteroatoms. The number of pyridine rings is 1. The van der Waals surface area contributed by atoms with E-state index in [0.717, 1.165) is 31.7 Å². The lowest BCUT2D eigenvalue weighted by atomic mass is 10.3. The van der Waals surface area contributed by atoms with Crippen LogP contribution in [0.2, 0.25) is 5.02 Å². The molecule has 1 N–H and O–H groups in total. The van der Waals surface area contributed by atoms with Gasteiger partial charge in [-0.3, -0.25) is 0 Å². The molecule has 0 unspecified atom stereocenters. The van der Waals surface area contributed by atoms with Gasteiger partial charge in [0.25, 0.3) is 0 Å². The molecule has 1 heterocycles. The van der Waals surface area contributed by atoms with Crippen molar-refractivity contribution in [3.8, 4) is 5.88 Å². The van der Waals surface area contributed by atoms with E-state index in [1.807, 2.05) is 0 Å². The molecule has 1 aromatic heterocycles. The number of aromatic nitrogens is 1. The highest BCUT2D eigenvalue weighted by molar-refractivity contribution is 7.80. The molecule has 0 bridgehead atoms. The maximum absolute atomic E-state index is 5.71. The number of rotatable bonds is 8. The molecule has 0 saturated heterocycles. The van der Waals surface area contributed by atoms with Gasteiger partial charge in [0.05, 0.1) is 11.6 Å². The number of nitrogens with one attached hydrogen (secondary N) is 1. The zero-order valence-electron chi connectivity index (χ0n) is 9.16. The van der Waals surface area contributed by atoms with Crippen LogP contribution in [0.4, 0.5) is 0 Å². The molecule has 0 aliphatic heterocycles.